The molecule has 1 aromatic carbocycles. The van der Waals surface area contributed by atoms with Crippen molar-refractivity contribution in [1.82, 2.24) is 24.1 Å². The highest BCUT2D eigenvalue weighted by atomic mass is 35.5. The Morgan fingerprint density at radius 2 is 1.90 bits per heavy atom. The van der Waals surface area contributed by atoms with Crippen molar-refractivity contribution < 1.29 is 13.2 Å². The number of halogens is 1. The van der Waals surface area contributed by atoms with Crippen LogP contribution in [0.2, 0.25) is 4.34 Å². The van der Waals surface area contributed by atoms with Crippen LogP contribution in [0.25, 0.3) is 0 Å². The van der Waals surface area contributed by atoms with Crippen LogP contribution in [0.5, 0.6) is 0 Å². The molecule has 0 bridgehead atoms. The van der Waals surface area contributed by atoms with Gasteiger partial charge in [0.15, 0.2) is 0 Å². The van der Waals surface area contributed by atoms with Crippen molar-refractivity contribution >= 4 is 39.0 Å². The SMILES string of the molecule is O=C(NCc1cccc(Cn2ccnc2)c1)N1CCN(S(=O)(=O)c2ccc(Cl)s2)CC1. The van der Waals surface area contributed by atoms with E-state index in [9.17, 15) is 13.2 Å². The number of piperazine rings is 1. The number of benzene rings is 1. The highest BCUT2D eigenvalue weighted by Crippen LogP contribution is 2.28. The predicted molar refractivity (Wildman–Crippen MR) is 120 cm³/mol. The molecule has 1 N–H and O–H groups in total. The zero-order valence-electron chi connectivity index (χ0n) is 16.6. The van der Waals surface area contributed by atoms with Gasteiger partial charge in [0.2, 0.25) is 0 Å². The Bertz CT molecular complexity index is 1140. The Morgan fingerprint density at radius 3 is 2.58 bits per heavy atom. The summed E-state index contributed by atoms with van der Waals surface area (Å²) in [6.07, 6.45) is 5.41. The van der Waals surface area contributed by atoms with Gasteiger partial charge >= 0.3 is 6.03 Å². The summed E-state index contributed by atoms with van der Waals surface area (Å²) in [7, 11) is -3.57. The summed E-state index contributed by atoms with van der Waals surface area (Å²) in [5.41, 5.74) is 2.12. The van der Waals surface area contributed by atoms with Crippen molar-refractivity contribution in [3.63, 3.8) is 0 Å². The van der Waals surface area contributed by atoms with E-state index in [4.69, 9.17) is 11.6 Å². The first-order valence-corrected chi connectivity index (χ1v) is 12.4. The standard InChI is InChI=1S/C20H22ClN5O3S2/c21-18-4-5-19(30-18)31(28,29)26-10-8-25(9-11-26)20(27)23-13-16-2-1-3-17(12-16)14-24-7-6-22-15-24/h1-7,12,15H,8-11,13-14H2,(H,23,27). The first-order valence-electron chi connectivity index (χ1n) is 9.73. The molecule has 2 aromatic heterocycles. The number of nitrogens with zero attached hydrogens (tertiary/aromatic N) is 4. The molecule has 1 saturated heterocycles. The molecule has 11 heteroatoms. The Morgan fingerprint density at radius 1 is 1.13 bits per heavy atom. The number of amides is 2. The zero-order valence-corrected chi connectivity index (χ0v) is 19.0. The van der Waals surface area contributed by atoms with Crippen molar-refractivity contribution in [2.24, 2.45) is 0 Å². The van der Waals surface area contributed by atoms with Crippen LogP contribution in [0.1, 0.15) is 11.1 Å². The van der Waals surface area contributed by atoms with Gasteiger partial charge in [-0.1, -0.05) is 35.9 Å². The molecule has 4 rings (SSSR count). The van der Waals surface area contributed by atoms with E-state index in [-0.39, 0.29) is 23.3 Å². The molecule has 31 heavy (non-hydrogen) atoms. The molecule has 1 aliphatic heterocycles. The Kier molecular flexibility index (Phi) is 6.61. The van der Waals surface area contributed by atoms with Crippen molar-refractivity contribution in [1.29, 1.82) is 0 Å². The predicted octanol–water partition coefficient (Wildman–Crippen LogP) is 2.86. The number of nitrogens with one attached hydrogen (secondary N) is 1. The molecule has 164 valence electrons. The average Bonchev–Trinajstić information content (AvgIpc) is 3.44. The fourth-order valence-corrected chi connectivity index (χ4v) is 6.47. The fraction of sp³-hybridized carbons (Fsp3) is 0.300. The van der Waals surface area contributed by atoms with Crippen molar-refractivity contribution in [2.45, 2.75) is 17.3 Å². The largest absolute Gasteiger partial charge is 0.334 e. The summed E-state index contributed by atoms with van der Waals surface area (Å²) >= 11 is 6.91. The van der Waals surface area contributed by atoms with Gasteiger partial charge in [0, 0.05) is 51.7 Å². The lowest BCUT2D eigenvalue weighted by Gasteiger charge is -2.33. The number of hydrogen-bond acceptors (Lipinski definition) is 5. The number of sulfonamides is 1. The summed E-state index contributed by atoms with van der Waals surface area (Å²) in [5, 5.41) is 2.93. The number of carbonyl (C=O) groups excluding carboxylic acids is 1. The van der Waals surface area contributed by atoms with Gasteiger partial charge in [0.1, 0.15) is 4.21 Å². The minimum atomic E-state index is -3.57. The maximum absolute atomic E-state index is 12.7. The number of rotatable bonds is 6. The van der Waals surface area contributed by atoms with Crippen LogP contribution in [0.15, 0.2) is 59.3 Å². The first-order chi connectivity index (χ1) is 14.9. The molecule has 0 radical (unpaired) electrons. The fourth-order valence-electron chi connectivity index (χ4n) is 3.41. The van der Waals surface area contributed by atoms with Crippen LogP contribution in [0, 0.1) is 0 Å². The number of hydrogen-bond donors (Lipinski definition) is 1. The molecule has 0 atom stereocenters. The van der Waals surface area contributed by atoms with Gasteiger partial charge in [-0.2, -0.15) is 4.31 Å². The van der Waals surface area contributed by atoms with Gasteiger partial charge in [-0.05, 0) is 23.3 Å². The van der Waals surface area contributed by atoms with Gasteiger partial charge in [0.05, 0.1) is 10.7 Å². The number of thiophene rings is 1. The van der Waals surface area contributed by atoms with E-state index in [0.717, 1.165) is 22.5 Å². The van der Waals surface area contributed by atoms with E-state index >= 15 is 0 Å². The monoisotopic (exact) mass is 479 g/mol. The molecule has 0 unspecified atom stereocenters. The van der Waals surface area contributed by atoms with Gasteiger partial charge in [0.25, 0.3) is 10.0 Å². The lowest BCUT2D eigenvalue weighted by molar-refractivity contribution is 0.172. The van der Waals surface area contributed by atoms with Crippen LogP contribution in [-0.2, 0) is 23.1 Å². The van der Waals surface area contributed by atoms with E-state index < -0.39 is 10.0 Å². The summed E-state index contributed by atoms with van der Waals surface area (Å²) < 4.78 is 29.4. The maximum atomic E-state index is 12.7. The molecule has 8 nitrogen and oxygen atoms in total. The zero-order chi connectivity index (χ0) is 21.8. The lowest BCUT2D eigenvalue weighted by atomic mass is 10.1. The summed E-state index contributed by atoms with van der Waals surface area (Å²) in [6, 6.07) is 10.9. The third kappa shape index (κ3) is 5.27. The van der Waals surface area contributed by atoms with Crippen molar-refractivity contribution in [2.75, 3.05) is 26.2 Å². The van der Waals surface area contributed by atoms with Crippen LogP contribution in [-0.4, -0.2) is 59.4 Å². The Balaban J connectivity index is 1.29. The van der Waals surface area contributed by atoms with Gasteiger partial charge in [-0.3, -0.25) is 0 Å². The summed E-state index contributed by atoms with van der Waals surface area (Å²) in [6.45, 7) is 2.31. The molecule has 0 spiro atoms. The molecule has 0 aliphatic carbocycles. The highest BCUT2D eigenvalue weighted by Gasteiger charge is 2.31. The topological polar surface area (TPSA) is 87.5 Å². The van der Waals surface area contributed by atoms with E-state index in [2.05, 4.69) is 16.4 Å². The number of aromatic nitrogens is 2. The van der Waals surface area contributed by atoms with Crippen LogP contribution >= 0.6 is 22.9 Å². The second-order valence-electron chi connectivity index (χ2n) is 7.16. The summed E-state index contributed by atoms with van der Waals surface area (Å²) in [4.78, 5) is 18.2. The Labute approximate surface area is 190 Å². The lowest BCUT2D eigenvalue weighted by Crippen LogP contribution is -2.52. The third-order valence-electron chi connectivity index (χ3n) is 5.03. The highest BCUT2D eigenvalue weighted by molar-refractivity contribution is 7.91. The van der Waals surface area contributed by atoms with Gasteiger partial charge in [-0.15, -0.1) is 11.3 Å². The molecule has 2 amide bonds. The molecule has 0 saturated carbocycles. The maximum Gasteiger partial charge on any atom is 0.317 e. The number of urea groups is 1. The van der Waals surface area contributed by atoms with Crippen LogP contribution in [0.4, 0.5) is 4.79 Å². The van der Waals surface area contributed by atoms with E-state index in [1.807, 2.05) is 29.0 Å². The number of imidazole rings is 1. The molecular formula is C20H22ClN5O3S2. The second kappa shape index (κ2) is 9.39. The molecule has 3 aromatic rings. The van der Waals surface area contributed by atoms with Gasteiger partial charge in [-0.25, -0.2) is 18.2 Å². The quantitative estimate of drug-likeness (QED) is 0.589. The molecular weight excluding hydrogens is 458 g/mol. The minimum absolute atomic E-state index is 0.198. The van der Waals surface area contributed by atoms with Crippen LogP contribution in [0.3, 0.4) is 0 Å². The van der Waals surface area contributed by atoms with Crippen molar-refractivity contribution in [3.05, 3.63) is 70.6 Å². The van der Waals surface area contributed by atoms with E-state index in [1.165, 1.54) is 10.4 Å². The average molecular weight is 480 g/mol. The molecule has 1 fully saturated rings. The minimum Gasteiger partial charge on any atom is -0.334 e. The van der Waals surface area contributed by atoms with E-state index in [0.29, 0.717) is 30.5 Å². The second-order valence-corrected chi connectivity index (χ2v) is 11.0. The first kappa shape index (κ1) is 21.8. The summed E-state index contributed by atoms with van der Waals surface area (Å²) in [5.74, 6) is 0. The smallest absolute Gasteiger partial charge is 0.317 e. The van der Waals surface area contributed by atoms with Crippen LogP contribution < -0.4 is 5.32 Å². The van der Waals surface area contributed by atoms with Crippen molar-refractivity contribution in [3.8, 4) is 0 Å². The normalized spacial score (nSPS) is 15.2. The third-order valence-corrected chi connectivity index (χ3v) is 8.63. The van der Waals surface area contributed by atoms with E-state index in [1.54, 1.807) is 23.5 Å². The number of carbonyl (C=O) groups is 1. The van der Waals surface area contributed by atoms with Gasteiger partial charge < -0.3 is 14.8 Å². The molecule has 1 aliphatic rings. The molecule has 3 heterocycles. The Hall–Kier alpha value is -2.40.